The summed E-state index contributed by atoms with van der Waals surface area (Å²) < 4.78 is 45.3. The van der Waals surface area contributed by atoms with Crippen LogP contribution in [0, 0.1) is 23.4 Å². The molecule has 0 bridgehead atoms. The maximum Gasteiger partial charge on any atom is 0.328 e. The molecule has 3 N–H and O–H groups in total. The minimum atomic E-state index is -1.79. The molecule has 0 atom stereocenters. The summed E-state index contributed by atoms with van der Waals surface area (Å²) in [5.41, 5.74) is 4.29. The number of amides is 4. The molecule has 304 valence electrons. The lowest BCUT2D eigenvalue weighted by atomic mass is 9.86. The van der Waals surface area contributed by atoms with Crippen molar-refractivity contribution in [2.24, 2.45) is 5.92 Å². The Morgan fingerprint density at radius 1 is 0.898 bits per heavy atom. The molecule has 4 amide bonds. The number of hydrogen-bond donors (Lipinski definition) is 3. The molecule has 3 aliphatic rings. The maximum atomic E-state index is 14.1. The van der Waals surface area contributed by atoms with Crippen LogP contribution in [0.2, 0.25) is 0 Å². The second kappa shape index (κ2) is 15.7. The average Bonchev–Trinajstić information content (AvgIpc) is 3.88. The Bertz CT molecular complexity index is 2580. The summed E-state index contributed by atoms with van der Waals surface area (Å²) in [5, 5.41) is 24.5. The van der Waals surface area contributed by atoms with Crippen molar-refractivity contribution < 1.29 is 32.7 Å². The Morgan fingerprint density at radius 2 is 1.71 bits per heavy atom. The van der Waals surface area contributed by atoms with E-state index in [0.717, 1.165) is 97.5 Å². The number of hydrogen-bond acceptors (Lipinski definition) is 10. The predicted molar refractivity (Wildman–Crippen MR) is 210 cm³/mol. The summed E-state index contributed by atoms with van der Waals surface area (Å²) in [5.74, 6) is -6.49. The van der Waals surface area contributed by atoms with Gasteiger partial charge >= 0.3 is 6.03 Å². The third kappa shape index (κ3) is 7.62. The van der Waals surface area contributed by atoms with Crippen molar-refractivity contribution in [1.29, 1.82) is 0 Å². The summed E-state index contributed by atoms with van der Waals surface area (Å²) in [6.07, 6.45) is 12.7. The van der Waals surface area contributed by atoms with Gasteiger partial charge in [-0.3, -0.25) is 34.4 Å². The smallest absolute Gasteiger partial charge is 0.328 e. The van der Waals surface area contributed by atoms with Crippen molar-refractivity contribution in [2.75, 3.05) is 49.1 Å². The van der Waals surface area contributed by atoms with Crippen LogP contribution < -0.4 is 20.4 Å². The topological polar surface area (TPSA) is 166 Å². The van der Waals surface area contributed by atoms with Gasteiger partial charge in [0.15, 0.2) is 17.4 Å². The standard InChI is InChI=1S/C41H40F3N11O4/c42-30-16-29(37(43)38(44)39(30)57)40(58)47-17-24-1-6-28(7-2-24)54-23-27-5-4-26(15-31(27)50-54)32-18-46-35(20-45-32)52-13-11-51(12-14-52)21-25-3-8-33-34(19-48-55(33)22-25)53-10-9-36(56)49-41(53)59/h3-5,8,15-16,18-20,22-24,28,57H,1-2,6-7,9-14,17,21H2,(H,47,58)(H,49,56,59). The van der Waals surface area contributed by atoms with Crippen molar-refractivity contribution in [3.8, 4) is 17.0 Å². The van der Waals surface area contributed by atoms with Crippen LogP contribution in [0.15, 0.2) is 67.4 Å². The third-order valence-electron chi connectivity index (χ3n) is 11.6. The number of piperazine rings is 1. The van der Waals surface area contributed by atoms with Crippen molar-refractivity contribution in [3.05, 3.63) is 96.0 Å². The van der Waals surface area contributed by atoms with E-state index in [1.807, 2.05) is 53.6 Å². The van der Waals surface area contributed by atoms with E-state index < -0.39 is 40.7 Å². The van der Waals surface area contributed by atoms with Crippen LogP contribution in [0.4, 0.5) is 29.5 Å². The molecular weight excluding hydrogens is 768 g/mol. The number of pyridine rings is 1. The van der Waals surface area contributed by atoms with Gasteiger partial charge in [0.25, 0.3) is 5.91 Å². The van der Waals surface area contributed by atoms with Crippen LogP contribution in [-0.2, 0) is 11.3 Å². The summed E-state index contributed by atoms with van der Waals surface area (Å²) >= 11 is 0. The molecule has 1 aliphatic carbocycles. The number of carbonyl (C=O) groups is 3. The normalized spacial score (nSPS) is 19.1. The second-order valence-corrected chi connectivity index (χ2v) is 15.3. The van der Waals surface area contributed by atoms with Crippen LogP contribution in [0.3, 0.4) is 0 Å². The minimum absolute atomic E-state index is 0.111. The number of urea groups is 1. The first kappa shape index (κ1) is 38.0. The predicted octanol–water partition coefficient (Wildman–Crippen LogP) is 5.19. The van der Waals surface area contributed by atoms with Crippen LogP contribution >= 0.6 is 0 Å². The lowest BCUT2D eigenvalue weighted by molar-refractivity contribution is -0.120. The number of aromatic hydroxyl groups is 1. The zero-order valence-electron chi connectivity index (χ0n) is 31.8. The molecule has 1 saturated carbocycles. The summed E-state index contributed by atoms with van der Waals surface area (Å²) in [6.45, 7) is 4.60. The highest BCUT2D eigenvalue weighted by Crippen LogP contribution is 2.34. The highest BCUT2D eigenvalue weighted by atomic mass is 19.2. The Hall–Kier alpha value is -6.56. The van der Waals surface area contributed by atoms with E-state index in [0.29, 0.717) is 18.3 Å². The van der Waals surface area contributed by atoms with E-state index in [1.165, 1.54) is 0 Å². The fraction of sp³-hybridized carbons (Fsp3) is 0.341. The van der Waals surface area contributed by atoms with Crippen molar-refractivity contribution in [1.82, 2.24) is 44.9 Å². The van der Waals surface area contributed by atoms with E-state index in [9.17, 15) is 32.7 Å². The lowest BCUT2D eigenvalue weighted by Crippen LogP contribution is -2.49. The monoisotopic (exact) mass is 807 g/mol. The number of nitrogens with zero attached hydrogens (tertiary/aromatic N) is 9. The van der Waals surface area contributed by atoms with Gasteiger partial charge in [-0.05, 0) is 55.4 Å². The van der Waals surface area contributed by atoms with Gasteiger partial charge in [0.2, 0.25) is 11.7 Å². The molecule has 0 unspecified atom stereocenters. The molecule has 2 saturated heterocycles. The summed E-state index contributed by atoms with van der Waals surface area (Å²) in [6, 6.07) is 10.3. The number of aromatic nitrogens is 6. The van der Waals surface area contributed by atoms with Gasteiger partial charge in [-0.1, -0.05) is 18.2 Å². The number of phenolic OH excluding ortho intramolecular Hbond substituents is 1. The van der Waals surface area contributed by atoms with Crippen molar-refractivity contribution in [3.63, 3.8) is 0 Å². The first-order valence-corrected chi connectivity index (χ1v) is 19.6. The SMILES string of the molecule is O=C1CCN(c2cnn3cc(CN4CCN(c5cnc(-c6ccc7cn(C8CCC(CNC(=O)c9cc(F)c(O)c(F)c9F)CC8)nc7c6)cn5)CC4)ccc23)C(=O)N1. The maximum absolute atomic E-state index is 14.1. The molecule has 2 aromatic carbocycles. The average molecular weight is 808 g/mol. The number of phenols is 1. The number of nitrogens with one attached hydrogen (secondary N) is 2. The molecule has 0 spiro atoms. The van der Waals surface area contributed by atoms with Gasteiger partial charge in [0.1, 0.15) is 5.82 Å². The van der Waals surface area contributed by atoms with Gasteiger partial charge in [-0.25, -0.2) is 23.1 Å². The highest BCUT2D eigenvalue weighted by Gasteiger charge is 2.28. The van der Waals surface area contributed by atoms with E-state index >= 15 is 0 Å². The number of benzene rings is 2. The first-order valence-electron chi connectivity index (χ1n) is 19.6. The van der Waals surface area contributed by atoms with Crippen molar-refractivity contribution >= 4 is 45.8 Å². The molecule has 6 heterocycles. The van der Waals surface area contributed by atoms with E-state index in [-0.39, 0.29) is 30.8 Å². The molecule has 6 aromatic rings. The van der Waals surface area contributed by atoms with Crippen LogP contribution in [-0.4, -0.2) is 96.5 Å². The minimum Gasteiger partial charge on any atom is -0.503 e. The Labute approximate surface area is 335 Å². The molecule has 4 aromatic heterocycles. The van der Waals surface area contributed by atoms with Gasteiger partial charge in [-0.2, -0.15) is 14.6 Å². The Morgan fingerprint density at radius 3 is 2.47 bits per heavy atom. The van der Waals surface area contributed by atoms with Gasteiger partial charge in [0.05, 0.1) is 52.6 Å². The van der Waals surface area contributed by atoms with E-state index in [2.05, 4.69) is 25.5 Å². The quantitative estimate of drug-likeness (QED) is 0.166. The number of carbonyl (C=O) groups excluding carboxylic acids is 3. The zero-order chi connectivity index (χ0) is 40.8. The van der Waals surface area contributed by atoms with E-state index in [1.54, 1.807) is 21.8 Å². The van der Waals surface area contributed by atoms with Crippen LogP contribution in [0.25, 0.3) is 27.7 Å². The van der Waals surface area contributed by atoms with Crippen LogP contribution in [0.5, 0.6) is 5.75 Å². The summed E-state index contributed by atoms with van der Waals surface area (Å²) in [7, 11) is 0. The number of imide groups is 1. The number of rotatable bonds is 9. The Kier molecular flexibility index (Phi) is 10.1. The molecule has 2 aliphatic heterocycles. The number of fused-ring (bicyclic) bond motifs is 2. The zero-order valence-corrected chi connectivity index (χ0v) is 31.8. The molecule has 9 rings (SSSR count). The molecule has 15 nitrogen and oxygen atoms in total. The first-order chi connectivity index (χ1) is 28.6. The number of halogens is 3. The fourth-order valence-corrected chi connectivity index (χ4v) is 8.21. The molecule has 18 heteroatoms. The van der Waals surface area contributed by atoms with Gasteiger partial charge < -0.3 is 15.3 Å². The third-order valence-corrected chi connectivity index (χ3v) is 11.6. The summed E-state index contributed by atoms with van der Waals surface area (Å²) in [4.78, 5) is 52.1. The fourth-order valence-electron chi connectivity index (χ4n) is 8.21. The van der Waals surface area contributed by atoms with Gasteiger partial charge in [-0.15, -0.1) is 0 Å². The van der Waals surface area contributed by atoms with Crippen LogP contribution in [0.1, 0.15) is 54.1 Å². The molecular formula is C41H40F3N11O4. The van der Waals surface area contributed by atoms with Crippen molar-refractivity contribution in [2.45, 2.75) is 44.7 Å². The highest BCUT2D eigenvalue weighted by molar-refractivity contribution is 6.07. The molecule has 3 fully saturated rings. The largest absolute Gasteiger partial charge is 0.503 e. The van der Waals surface area contributed by atoms with Gasteiger partial charge in [0, 0.05) is 75.6 Å². The Balaban J connectivity index is 0.761. The molecule has 59 heavy (non-hydrogen) atoms. The van der Waals surface area contributed by atoms with E-state index in [4.69, 9.17) is 15.1 Å². The number of anilines is 2. The lowest BCUT2D eigenvalue weighted by Gasteiger charge is -2.35. The molecule has 0 radical (unpaired) electrons. The second-order valence-electron chi connectivity index (χ2n) is 15.3.